The Hall–Kier alpha value is -0.240. The third-order valence-corrected chi connectivity index (χ3v) is 2.26. The fourth-order valence-corrected chi connectivity index (χ4v) is 1.35. The van der Waals surface area contributed by atoms with E-state index in [-0.39, 0.29) is 0 Å². The lowest BCUT2D eigenvalue weighted by molar-refractivity contribution is -0.0505. The zero-order chi connectivity index (χ0) is 13.5. The largest absolute Gasteiger partial charge is 0.380 e. The van der Waals surface area contributed by atoms with Crippen molar-refractivity contribution in [2.45, 2.75) is 6.92 Å². The third-order valence-electron chi connectivity index (χ3n) is 2.26. The minimum Gasteiger partial charge on any atom is -0.380 e. The Morgan fingerprint density at radius 1 is 0.722 bits per heavy atom. The van der Waals surface area contributed by atoms with Gasteiger partial charge in [-0.1, -0.05) is 0 Å². The first-order chi connectivity index (χ1) is 8.85. The summed E-state index contributed by atoms with van der Waals surface area (Å²) in [7, 11) is 3.23. The van der Waals surface area contributed by atoms with Crippen molar-refractivity contribution >= 4 is 0 Å². The van der Waals surface area contributed by atoms with Crippen LogP contribution in [0, 0.1) is 0 Å². The van der Waals surface area contributed by atoms with Crippen LogP contribution in [-0.4, -0.2) is 78.8 Å². The van der Waals surface area contributed by atoms with Gasteiger partial charge in [0.15, 0.2) is 0 Å². The summed E-state index contributed by atoms with van der Waals surface area (Å²) in [6, 6.07) is 0. The van der Waals surface area contributed by atoms with E-state index in [1.165, 1.54) is 0 Å². The predicted octanol–water partition coefficient (Wildman–Crippen LogP) is 0.566. The molecule has 0 aliphatic heterocycles. The zero-order valence-corrected chi connectivity index (χ0v) is 11.9. The Morgan fingerprint density at radius 2 is 1.17 bits per heavy atom. The van der Waals surface area contributed by atoms with Gasteiger partial charge in [-0.25, -0.2) is 0 Å². The molecule has 0 saturated carbocycles. The maximum absolute atomic E-state index is 5.35. The van der Waals surface area contributed by atoms with Gasteiger partial charge >= 0.3 is 0 Å². The first-order valence-electron chi connectivity index (χ1n) is 6.28. The van der Waals surface area contributed by atoms with E-state index < -0.39 is 0 Å². The molecule has 0 aromatic heterocycles. The Bertz CT molecular complexity index is 147. The summed E-state index contributed by atoms with van der Waals surface area (Å²) in [5.74, 6) is 0. The molecule has 0 aromatic carbocycles. The van der Waals surface area contributed by atoms with Gasteiger partial charge in [-0.2, -0.15) is 0 Å². The molecule has 0 spiro atoms. The second-order valence-electron chi connectivity index (χ2n) is 3.67. The highest BCUT2D eigenvalue weighted by molar-refractivity contribution is 4.56. The lowest BCUT2D eigenvalue weighted by atomic mass is 10.4. The summed E-state index contributed by atoms with van der Waals surface area (Å²) in [6.45, 7) is 7.97. The van der Waals surface area contributed by atoms with E-state index in [1.807, 2.05) is 6.92 Å². The van der Waals surface area contributed by atoms with E-state index in [2.05, 4.69) is 4.90 Å². The average Bonchev–Trinajstić information content (AvgIpc) is 2.39. The molecular weight excluding hydrogens is 238 g/mol. The van der Waals surface area contributed by atoms with Crippen molar-refractivity contribution in [3.05, 3.63) is 0 Å². The van der Waals surface area contributed by atoms with E-state index >= 15 is 0 Å². The number of hydrogen-bond acceptors (Lipinski definition) is 6. The van der Waals surface area contributed by atoms with Gasteiger partial charge in [0.1, 0.15) is 13.6 Å². The summed E-state index contributed by atoms with van der Waals surface area (Å²) in [6.07, 6.45) is 0. The van der Waals surface area contributed by atoms with Crippen LogP contribution in [0.4, 0.5) is 0 Å². The summed E-state index contributed by atoms with van der Waals surface area (Å²) >= 11 is 0. The smallest absolute Gasteiger partial charge is 0.146 e. The van der Waals surface area contributed by atoms with Gasteiger partial charge in [0.2, 0.25) is 0 Å². The third kappa shape index (κ3) is 12.2. The summed E-state index contributed by atoms with van der Waals surface area (Å²) in [4.78, 5) is 2.24. The second-order valence-corrected chi connectivity index (χ2v) is 3.67. The van der Waals surface area contributed by atoms with E-state index in [1.54, 1.807) is 14.2 Å². The molecule has 110 valence electrons. The molecule has 6 nitrogen and oxygen atoms in total. The van der Waals surface area contributed by atoms with Gasteiger partial charge in [0.05, 0.1) is 19.8 Å². The Labute approximate surface area is 110 Å². The number of nitrogens with zero attached hydrogens (tertiary/aromatic N) is 1. The molecular formula is C12H27NO5. The van der Waals surface area contributed by atoms with Crippen LogP contribution in [0.3, 0.4) is 0 Å². The molecule has 0 heterocycles. The van der Waals surface area contributed by atoms with Crippen molar-refractivity contribution in [2.75, 3.05) is 73.9 Å². The molecule has 0 rings (SSSR count). The maximum Gasteiger partial charge on any atom is 0.146 e. The van der Waals surface area contributed by atoms with Crippen LogP contribution in [0.5, 0.6) is 0 Å². The molecule has 0 saturated heterocycles. The number of ether oxygens (including phenoxy) is 5. The molecule has 0 atom stereocenters. The van der Waals surface area contributed by atoms with Crippen molar-refractivity contribution < 1.29 is 23.7 Å². The number of methoxy groups -OCH3 is 2. The van der Waals surface area contributed by atoms with Crippen LogP contribution in [0.25, 0.3) is 0 Å². The lowest BCUT2D eigenvalue weighted by Gasteiger charge is -2.21. The highest BCUT2D eigenvalue weighted by Crippen LogP contribution is 1.91. The van der Waals surface area contributed by atoms with Crippen LogP contribution in [-0.2, 0) is 23.7 Å². The van der Waals surface area contributed by atoms with Gasteiger partial charge in [0, 0.05) is 40.5 Å². The Kier molecular flexibility index (Phi) is 14.6. The van der Waals surface area contributed by atoms with Crippen molar-refractivity contribution in [1.82, 2.24) is 4.90 Å². The Morgan fingerprint density at radius 3 is 1.56 bits per heavy atom. The van der Waals surface area contributed by atoms with Gasteiger partial charge in [0.25, 0.3) is 0 Å². The highest BCUT2D eigenvalue weighted by atomic mass is 16.7. The average molecular weight is 265 g/mol. The maximum atomic E-state index is 5.35. The summed E-state index contributed by atoms with van der Waals surface area (Å²) in [5.41, 5.74) is 0. The lowest BCUT2D eigenvalue weighted by Crippen LogP contribution is -2.34. The van der Waals surface area contributed by atoms with Gasteiger partial charge in [-0.05, 0) is 6.92 Å². The molecule has 0 unspecified atom stereocenters. The van der Waals surface area contributed by atoms with Crippen LogP contribution in [0.1, 0.15) is 6.92 Å². The van der Waals surface area contributed by atoms with Gasteiger partial charge in [-0.15, -0.1) is 0 Å². The SMILES string of the molecule is CCOCCN(CCOCOC)CCOCOC. The number of hydrogen-bond donors (Lipinski definition) is 0. The van der Waals surface area contributed by atoms with E-state index in [0.29, 0.717) is 26.8 Å². The summed E-state index contributed by atoms with van der Waals surface area (Å²) in [5, 5.41) is 0. The van der Waals surface area contributed by atoms with Gasteiger partial charge in [-0.3, -0.25) is 4.90 Å². The molecule has 0 aliphatic carbocycles. The second kappa shape index (κ2) is 14.8. The first-order valence-corrected chi connectivity index (χ1v) is 6.28. The van der Waals surface area contributed by atoms with Crippen LogP contribution >= 0.6 is 0 Å². The molecule has 0 amide bonds. The fourth-order valence-electron chi connectivity index (χ4n) is 1.35. The van der Waals surface area contributed by atoms with Gasteiger partial charge < -0.3 is 23.7 Å². The quantitative estimate of drug-likeness (QED) is 0.338. The Balaban J connectivity index is 3.62. The monoisotopic (exact) mass is 265 g/mol. The minimum absolute atomic E-state index is 0.333. The van der Waals surface area contributed by atoms with Crippen LogP contribution in [0.15, 0.2) is 0 Å². The molecule has 18 heavy (non-hydrogen) atoms. The minimum atomic E-state index is 0.333. The van der Waals surface area contributed by atoms with E-state index in [0.717, 1.165) is 32.8 Å². The van der Waals surface area contributed by atoms with Crippen molar-refractivity contribution in [1.29, 1.82) is 0 Å². The molecule has 0 N–H and O–H groups in total. The van der Waals surface area contributed by atoms with Crippen LogP contribution in [0.2, 0.25) is 0 Å². The van der Waals surface area contributed by atoms with Crippen LogP contribution < -0.4 is 0 Å². The molecule has 0 fully saturated rings. The fraction of sp³-hybridized carbons (Fsp3) is 1.00. The normalized spacial score (nSPS) is 11.3. The van der Waals surface area contributed by atoms with E-state index in [9.17, 15) is 0 Å². The predicted molar refractivity (Wildman–Crippen MR) is 68.6 cm³/mol. The van der Waals surface area contributed by atoms with Crippen molar-refractivity contribution in [2.24, 2.45) is 0 Å². The van der Waals surface area contributed by atoms with Crippen molar-refractivity contribution in [3.8, 4) is 0 Å². The zero-order valence-electron chi connectivity index (χ0n) is 11.9. The first kappa shape index (κ1) is 17.8. The topological polar surface area (TPSA) is 49.4 Å². The highest BCUT2D eigenvalue weighted by Gasteiger charge is 2.04. The van der Waals surface area contributed by atoms with Crippen molar-refractivity contribution in [3.63, 3.8) is 0 Å². The molecule has 0 aromatic rings. The molecule has 6 heteroatoms. The number of rotatable bonds is 14. The standard InChI is InChI=1S/C12H27NO5/c1-4-16-8-5-13(6-9-17-11-14-2)7-10-18-12-15-3/h4-12H2,1-3H3. The molecule has 0 aliphatic rings. The molecule has 0 radical (unpaired) electrons. The summed E-state index contributed by atoms with van der Waals surface area (Å²) < 4.78 is 25.6. The van der Waals surface area contributed by atoms with E-state index in [4.69, 9.17) is 23.7 Å². The molecule has 0 bridgehead atoms.